The molecule has 76 valence electrons. The summed E-state index contributed by atoms with van der Waals surface area (Å²) in [5.41, 5.74) is 0.654. The van der Waals surface area contributed by atoms with Crippen LogP contribution in [0.25, 0.3) is 0 Å². The van der Waals surface area contributed by atoms with E-state index >= 15 is 0 Å². The van der Waals surface area contributed by atoms with Crippen LogP contribution in [0.3, 0.4) is 0 Å². The van der Waals surface area contributed by atoms with Gasteiger partial charge in [0.25, 0.3) is 0 Å². The summed E-state index contributed by atoms with van der Waals surface area (Å²) in [5.74, 6) is -2.02. The number of rotatable bonds is 4. The monoisotopic (exact) mass is 194 g/mol. The van der Waals surface area contributed by atoms with Gasteiger partial charge in [-0.2, -0.15) is 0 Å². The summed E-state index contributed by atoms with van der Waals surface area (Å²) in [6.45, 7) is 3.27. The second kappa shape index (κ2) is 4.37. The maximum atomic E-state index is 9.62. The molecule has 0 radical (unpaired) electrons. The topological polar surface area (TPSA) is 60.7 Å². The molecule has 1 aromatic rings. The van der Waals surface area contributed by atoms with Crippen molar-refractivity contribution in [3.8, 4) is 0 Å². The molecule has 1 aromatic carbocycles. The van der Waals surface area contributed by atoms with E-state index in [1.807, 2.05) is 6.07 Å². The predicted molar refractivity (Wildman–Crippen MR) is 53.4 cm³/mol. The van der Waals surface area contributed by atoms with Crippen LogP contribution in [0.1, 0.15) is 18.1 Å². The van der Waals surface area contributed by atoms with Gasteiger partial charge in [-0.3, -0.25) is 0 Å². The van der Waals surface area contributed by atoms with Crippen molar-refractivity contribution < 1.29 is 15.3 Å². The van der Waals surface area contributed by atoms with Crippen LogP contribution < -0.4 is 0 Å². The number of aliphatic hydroxyl groups excluding tert-OH is 1. The summed E-state index contributed by atoms with van der Waals surface area (Å²) in [4.78, 5) is 0. The van der Waals surface area contributed by atoms with E-state index < -0.39 is 11.9 Å². The summed E-state index contributed by atoms with van der Waals surface area (Å²) >= 11 is 0. The van der Waals surface area contributed by atoms with Gasteiger partial charge in [0, 0.05) is 6.42 Å². The van der Waals surface area contributed by atoms with Crippen LogP contribution in [0.4, 0.5) is 0 Å². The van der Waals surface area contributed by atoms with Crippen molar-refractivity contribution in [1.29, 1.82) is 0 Å². The molecule has 0 fully saturated rings. The Balaban J connectivity index is 2.68. The van der Waals surface area contributed by atoms with Crippen LogP contribution in [-0.2, 0) is 0 Å². The van der Waals surface area contributed by atoms with Gasteiger partial charge in [0.1, 0.15) is 0 Å². The van der Waals surface area contributed by atoms with Gasteiger partial charge in [0.05, 0.1) is 6.10 Å². The van der Waals surface area contributed by atoms with E-state index in [1.165, 1.54) is 0 Å². The van der Waals surface area contributed by atoms with E-state index in [4.69, 9.17) is 0 Å². The molecule has 0 amide bonds. The highest BCUT2D eigenvalue weighted by Crippen LogP contribution is 2.22. The van der Waals surface area contributed by atoms with Crippen molar-refractivity contribution in [3.05, 3.63) is 48.6 Å². The van der Waals surface area contributed by atoms with E-state index in [1.54, 1.807) is 24.3 Å². The van der Waals surface area contributed by atoms with Crippen molar-refractivity contribution in [2.75, 3.05) is 0 Å². The van der Waals surface area contributed by atoms with E-state index in [-0.39, 0.29) is 6.42 Å². The Morgan fingerprint density at radius 1 is 1.29 bits per heavy atom. The maximum absolute atomic E-state index is 9.62. The molecule has 0 aliphatic rings. The number of hydrogen-bond acceptors (Lipinski definition) is 3. The Kier molecular flexibility index (Phi) is 3.41. The third-order valence-electron chi connectivity index (χ3n) is 2.01. The highest BCUT2D eigenvalue weighted by Gasteiger charge is 2.23. The van der Waals surface area contributed by atoms with Gasteiger partial charge in [-0.25, -0.2) is 0 Å². The first kappa shape index (κ1) is 10.9. The Morgan fingerprint density at radius 2 is 1.86 bits per heavy atom. The van der Waals surface area contributed by atoms with Gasteiger partial charge in [0.15, 0.2) is 5.79 Å². The van der Waals surface area contributed by atoms with E-state index in [9.17, 15) is 15.3 Å². The van der Waals surface area contributed by atoms with Crippen LogP contribution >= 0.6 is 0 Å². The average molecular weight is 194 g/mol. The summed E-state index contributed by atoms with van der Waals surface area (Å²) < 4.78 is 0. The molecule has 0 saturated heterocycles. The molecular formula is C11H14O3. The molecule has 3 N–H and O–H groups in total. The zero-order valence-electron chi connectivity index (χ0n) is 7.80. The van der Waals surface area contributed by atoms with Crippen LogP contribution in [0.15, 0.2) is 43.0 Å². The Morgan fingerprint density at radius 3 is 2.36 bits per heavy atom. The van der Waals surface area contributed by atoms with Crippen LogP contribution in [0, 0.1) is 0 Å². The van der Waals surface area contributed by atoms with Gasteiger partial charge < -0.3 is 15.3 Å². The molecule has 14 heavy (non-hydrogen) atoms. The minimum atomic E-state index is -2.02. The smallest absolute Gasteiger partial charge is 0.185 e. The average Bonchev–Trinajstić information content (AvgIpc) is 2.19. The highest BCUT2D eigenvalue weighted by atomic mass is 16.5. The lowest BCUT2D eigenvalue weighted by atomic mass is 10.0. The van der Waals surface area contributed by atoms with E-state index in [2.05, 4.69) is 6.58 Å². The summed E-state index contributed by atoms with van der Waals surface area (Å²) in [5, 5.41) is 28.1. The number of hydrogen-bond donors (Lipinski definition) is 3. The number of benzene rings is 1. The summed E-state index contributed by atoms with van der Waals surface area (Å²) in [6, 6.07) is 8.84. The van der Waals surface area contributed by atoms with Gasteiger partial charge in [-0.05, 0) is 11.6 Å². The summed E-state index contributed by atoms with van der Waals surface area (Å²) in [6.07, 6.45) is -0.0798. The van der Waals surface area contributed by atoms with E-state index in [0.717, 1.165) is 6.08 Å². The van der Waals surface area contributed by atoms with Crippen molar-refractivity contribution in [3.63, 3.8) is 0 Å². The molecule has 0 heterocycles. The van der Waals surface area contributed by atoms with Crippen LogP contribution in [0.5, 0.6) is 0 Å². The molecule has 1 rings (SSSR count). The second-order valence-corrected chi connectivity index (χ2v) is 3.21. The normalized spacial score (nSPS) is 13.6. The SMILES string of the molecule is C=CC(O)(O)CC(O)c1ccccc1. The van der Waals surface area contributed by atoms with Crippen LogP contribution in [-0.4, -0.2) is 21.1 Å². The molecule has 0 aromatic heterocycles. The van der Waals surface area contributed by atoms with Crippen molar-refractivity contribution in [2.24, 2.45) is 0 Å². The first-order valence-corrected chi connectivity index (χ1v) is 4.36. The van der Waals surface area contributed by atoms with Gasteiger partial charge in [-0.15, -0.1) is 0 Å². The molecule has 0 spiro atoms. The highest BCUT2D eigenvalue weighted by molar-refractivity contribution is 5.17. The molecule has 1 unspecified atom stereocenters. The van der Waals surface area contributed by atoms with Crippen LogP contribution in [0.2, 0.25) is 0 Å². The molecule has 1 atom stereocenters. The Bertz CT molecular complexity index is 293. The Hall–Kier alpha value is -1.16. The second-order valence-electron chi connectivity index (χ2n) is 3.21. The van der Waals surface area contributed by atoms with Gasteiger partial charge in [-0.1, -0.05) is 36.9 Å². The molecule has 3 nitrogen and oxygen atoms in total. The number of aliphatic hydroxyl groups is 3. The molecule has 3 heteroatoms. The fraction of sp³-hybridized carbons (Fsp3) is 0.273. The predicted octanol–water partition coefficient (Wildman–Crippen LogP) is 0.977. The van der Waals surface area contributed by atoms with Crippen molar-refractivity contribution in [2.45, 2.75) is 18.3 Å². The lowest BCUT2D eigenvalue weighted by molar-refractivity contribution is -0.141. The van der Waals surface area contributed by atoms with Crippen molar-refractivity contribution >= 4 is 0 Å². The zero-order valence-corrected chi connectivity index (χ0v) is 7.80. The van der Waals surface area contributed by atoms with E-state index in [0.29, 0.717) is 5.56 Å². The zero-order chi connectivity index (χ0) is 10.6. The lowest BCUT2D eigenvalue weighted by Gasteiger charge is -2.20. The Labute approximate surface area is 82.9 Å². The summed E-state index contributed by atoms with van der Waals surface area (Å²) in [7, 11) is 0. The van der Waals surface area contributed by atoms with Gasteiger partial charge in [0.2, 0.25) is 0 Å². The molecule has 0 aliphatic heterocycles. The standard InChI is InChI=1S/C11H14O3/c1-2-11(13,14)8-10(12)9-6-4-3-5-7-9/h2-7,10,12-14H,1,8H2. The molecule has 0 bridgehead atoms. The maximum Gasteiger partial charge on any atom is 0.185 e. The largest absolute Gasteiger partial charge is 0.388 e. The van der Waals surface area contributed by atoms with Crippen molar-refractivity contribution in [1.82, 2.24) is 0 Å². The molecular weight excluding hydrogens is 180 g/mol. The lowest BCUT2D eigenvalue weighted by Crippen LogP contribution is -2.27. The first-order valence-electron chi connectivity index (χ1n) is 4.36. The third-order valence-corrected chi connectivity index (χ3v) is 2.01. The fourth-order valence-electron chi connectivity index (χ4n) is 1.16. The minimum Gasteiger partial charge on any atom is -0.388 e. The quantitative estimate of drug-likeness (QED) is 0.494. The molecule has 0 aliphatic carbocycles. The first-order chi connectivity index (χ1) is 6.55. The fourth-order valence-corrected chi connectivity index (χ4v) is 1.16. The molecule has 0 saturated carbocycles. The minimum absolute atomic E-state index is 0.180. The third kappa shape index (κ3) is 2.96. The van der Waals surface area contributed by atoms with Gasteiger partial charge >= 0.3 is 0 Å².